The number of anilines is 1. The molecule has 0 saturated carbocycles. The Morgan fingerprint density at radius 2 is 1.62 bits per heavy atom. The number of piperazine rings is 1. The average Bonchev–Trinajstić information content (AvgIpc) is 2.94. The fourth-order valence-electron chi connectivity index (χ4n) is 5.62. The van der Waals surface area contributed by atoms with Crippen LogP contribution in [0.3, 0.4) is 0 Å². The molecule has 1 amide bonds. The van der Waals surface area contributed by atoms with E-state index in [0.717, 1.165) is 16.8 Å². The topological polar surface area (TPSA) is 60.9 Å². The van der Waals surface area contributed by atoms with Gasteiger partial charge in [-0.05, 0) is 66.8 Å². The Hall–Kier alpha value is -2.65. The largest absolute Gasteiger partial charge is 0.368 e. The molecule has 0 spiro atoms. The molecule has 0 radical (unpaired) electrons. The summed E-state index contributed by atoms with van der Waals surface area (Å²) in [5, 5.41) is 0.812. The molecule has 3 aromatic rings. The zero-order chi connectivity index (χ0) is 27.7. The van der Waals surface area contributed by atoms with Gasteiger partial charge in [0.1, 0.15) is 10.7 Å². The molecule has 0 aliphatic carbocycles. The van der Waals surface area contributed by atoms with Crippen molar-refractivity contribution in [3.63, 3.8) is 0 Å². The molecular weight excluding hydrogens is 560 g/mol. The van der Waals surface area contributed by atoms with Crippen molar-refractivity contribution >= 4 is 44.8 Å². The minimum absolute atomic E-state index is 0.0298. The maximum atomic E-state index is 14.0. The molecular formula is C29H30Cl2FN3O3S. The fraction of sp³-hybridized carbons (Fsp3) is 0.345. The van der Waals surface area contributed by atoms with Crippen LogP contribution in [0.15, 0.2) is 71.6 Å². The highest BCUT2D eigenvalue weighted by molar-refractivity contribution is 7.89. The van der Waals surface area contributed by atoms with Crippen LogP contribution in [0, 0.1) is 18.7 Å². The fourth-order valence-corrected chi connectivity index (χ4v) is 7.76. The summed E-state index contributed by atoms with van der Waals surface area (Å²) in [5.74, 6) is -1.29. The van der Waals surface area contributed by atoms with E-state index in [9.17, 15) is 17.6 Å². The summed E-state index contributed by atoms with van der Waals surface area (Å²) in [4.78, 5) is 18.1. The van der Waals surface area contributed by atoms with Gasteiger partial charge in [-0.3, -0.25) is 4.79 Å². The summed E-state index contributed by atoms with van der Waals surface area (Å²) < 4.78 is 42.1. The van der Waals surface area contributed by atoms with Gasteiger partial charge in [0, 0.05) is 50.0 Å². The molecule has 2 saturated heterocycles. The maximum absolute atomic E-state index is 14.0. The molecule has 6 nitrogen and oxygen atoms in total. The standard InChI is InChI=1S/C29H30Cl2FN3O3S/c1-20-6-9-22(30)18-27(20)33-14-16-34(17-15-33)29(36)25-19-35(39(37,38)28-5-3-2-4-26(28)31)13-12-24(25)21-7-10-23(32)11-8-21/h2-11,18,24-25H,12-17,19H2,1H3. The van der Waals surface area contributed by atoms with Crippen LogP contribution in [0.5, 0.6) is 0 Å². The molecule has 39 heavy (non-hydrogen) atoms. The predicted molar refractivity (Wildman–Crippen MR) is 152 cm³/mol. The average molecular weight is 591 g/mol. The van der Waals surface area contributed by atoms with Crippen LogP contribution in [-0.4, -0.2) is 62.8 Å². The zero-order valence-corrected chi connectivity index (χ0v) is 23.9. The van der Waals surface area contributed by atoms with Crippen molar-refractivity contribution in [1.82, 2.24) is 9.21 Å². The molecule has 0 bridgehead atoms. The van der Waals surface area contributed by atoms with E-state index in [1.54, 1.807) is 30.3 Å². The number of rotatable bonds is 5. The highest BCUT2D eigenvalue weighted by atomic mass is 35.5. The molecule has 2 unspecified atom stereocenters. The number of piperidine rings is 1. The van der Waals surface area contributed by atoms with Gasteiger partial charge in [-0.1, -0.05) is 53.5 Å². The molecule has 3 aromatic carbocycles. The second-order valence-electron chi connectivity index (χ2n) is 10.1. The SMILES string of the molecule is Cc1ccc(Cl)cc1N1CCN(C(=O)C2CN(S(=O)(=O)c3ccccc3Cl)CCC2c2ccc(F)cc2)CC1. The van der Waals surface area contributed by atoms with Crippen molar-refractivity contribution in [2.24, 2.45) is 5.92 Å². The van der Waals surface area contributed by atoms with E-state index in [1.165, 1.54) is 22.5 Å². The van der Waals surface area contributed by atoms with Crippen LogP contribution in [0.4, 0.5) is 10.1 Å². The van der Waals surface area contributed by atoms with Crippen LogP contribution in [0.2, 0.25) is 10.0 Å². The lowest BCUT2D eigenvalue weighted by molar-refractivity contribution is -0.137. The minimum atomic E-state index is -3.91. The molecule has 10 heteroatoms. The molecule has 2 fully saturated rings. The summed E-state index contributed by atoms with van der Waals surface area (Å²) >= 11 is 12.5. The maximum Gasteiger partial charge on any atom is 0.244 e. The highest BCUT2D eigenvalue weighted by Gasteiger charge is 2.42. The van der Waals surface area contributed by atoms with E-state index < -0.39 is 15.9 Å². The van der Waals surface area contributed by atoms with E-state index in [4.69, 9.17) is 23.2 Å². The summed E-state index contributed by atoms with van der Waals surface area (Å²) in [6.07, 6.45) is 0.438. The molecule has 2 aliphatic rings. The first-order valence-electron chi connectivity index (χ1n) is 12.9. The van der Waals surface area contributed by atoms with Crippen molar-refractivity contribution in [2.45, 2.75) is 24.2 Å². The van der Waals surface area contributed by atoms with Gasteiger partial charge in [0.15, 0.2) is 0 Å². The van der Waals surface area contributed by atoms with Gasteiger partial charge in [0.05, 0.1) is 10.9 Å². The third kappa shape index (κ3) is 5.80. The minimum Gasteiger partial charge on any atom is -0.368 e. The molecule has 2 aliphatic heterocycles. The first-order valence-corrected chi connectivity index (χ1v) is 15.1. The third-order valence-electron chi connectivity index (χ3n) is 7.75. The third-order valence-corrected chi connectivity index (χ3v) is 10.3. The van der Waals surface area contributed by atoms with Gasteiger partial charge in [0.2, 0.25) is 15.9 Å². The number of benzene rings is 3. The summed E-state index contributed by atoms with van der Waals surface area (Å²) in [6.45, 7) is 4.60. The second kappa shape index (κ2) is 11.5. The summed E-state index contributed by atoms with van der Waals surface area (Å²) in [6, 6.07) is 18.3. The lowest BCUT2D eigenvalue weighted by atomic mass is 9.80. The van der Waals surface area contributed by atoms with Gasteiger partial charge in [-0.2, -0.15) is 4.31 Å². The molecule has 2 atom stereocenters. The highest BCUT2D eigenvalue weighted by Crippen LogP contribution is 2.38. The van der Waals surface area contributed by atoms with Crippen LogP contribution in [-0.2, 0) is 14.8 Å². The van der Waals surface area contributed by atoms with Gasteiger partial charge in [0.25, 0.3) is 0 Å². The molecule has 0 aromatic heterocycles. The van der Waals surface area contributed by atoms with Crippen LogP contribution >= 0.6 is 23.2 Å². The van der Waals surface area contributed by atoms with E-state index in [-0.39, 0.29) is 40.6 Å². The Labute approximate surface area is 239 Å². The van der Waals surface area contributed by atoms with Crippen molar-refractivity contribution in [2.75, 3.05) is 44.2 Å². The van der Waals surface area contributed by atoms with Crippen molar-refractivity contribution in [3.8, 4) is 0 Å². The lowest BCUT2D eigenvalue weighted by Gasteiger charge is -2.42. The number of aryl methyl sites for hydroxylation is 1. The summed E-state index contributed by atoms with van der Waals surface area (Å²) in [7, 11) is -3.91. The molecule has 0 N–H and O–H groups in total. The smallest absolute Gasteiger partial charge is 0.244 e. The lowest BCUT2D eigenvalue weighted by Crippen LogP contribution is -2.54. The van der Waals surface area contributed by atoms with Crippen LogP contribution in [0.1, 0.15) is 23.5 Å². The normalized spacial score (nSPS) is 20.7. The quantitative estimate of drug-likeness (QED) is 0.389. The van der Waals surface area contributed by atoms with Gasteiger partial charge in [-0.15, -0.1) is 0 Å². The number of carbonyl (C=O) groups is 1. The number of halogens is 3. The van der Waals surface area contributed by atoms with Crippen LogP contribution in [0.25, 0.3) is 0 Å². The Morgan fingerprint density at radius 3 is 2.31 bits per heavy atom. The number of hydrogen-bond acceptors (Lipinski definition) is 4. The Bertz CT molecular complexity index is 1460. The van der Waals surface area contributed by atoms with Crippen LogP contribution < -0.4 is 4.90 Å². The number of nitrogens with zero attached hydrogens (tertiary/aromatic N) is 3. The van der Waals surface area contributed by atoms with Gasteiger partial charge < -0.3 is 9.80 Å². The van der Waals surface area contributed by atoms with Crippen molar-refractivity contribution in [1.29, 1.82) is 0 Å². The van der Waals surface area contributed by atoms with Crippen molar-refractivity contribution in [3.05, 3.63) is 93.7 Å². The monoisotopic (exact) mass is 589 g/mol. The Morgan fingerprint density at radius 1 is 0.923 bits per heavy atom. The Balaban J connectivity index is 1.39. The second-order valence-corrected chi connectivity index (χ2v) is 12.8. The number of amides is 1. The summed E-state index contributed by atoms with van der Waals surface area (Å²) in [5.41, 5.74) is 2.99. The number of carbonyl (C=O) groups excluding carboxylic acids is 1. The van der Waals surface area contributed by atoms with E-state index in [2.05, 4.69) is 4.90 Å². The Kier molecular flexibility index (Phi) is 8.19. The van der Waals surface area contributed by atoms with E-state index >= 15 is 0 Å². The first kappa shape index (κ1) is 27.9. The van der Waals surface area contributed by atoms with E-state index in [0.29, 0.717) is 37.6 Å². The molecule has 2 heterocycles. The molecule has 5 rings (SSSR count). The number of hydrogen-bond donors (Lipinski definition) is 0. The van der Waals surface area contributed by atoms with E-state index in [1.807, 2.05) is 30.0 Å². The predicted octanol–water partition coefficient (Wildman–Crippen LogP) is 5.58. The first-order chi connectivity index (χ1) is 18.6. The van der Waals surface area contributed by atoms with Crippen molar-refractivity contribution < 1.29 is 17.6 Å². The van der Waals surface area contributed by atoms with Gasteiger partial charge in [-0.25, -0.2) is 12.8 Å². The zero-order valence-electron chi connectivity index (χ0n) is 21.6. The number of sulfonamides is 1. The molecule has 206 valence electrons. The van der Waals surface area contributed by atoms with Gasteiger partial charge >= 0.3 is 0 Å².